The van der Waals surface area contributed by atoms with E-state index in [0.29, 0.717) is 11.5 Å². The van der Waals surface area contributed by atoms with Crippen molar-refractivity contribution >= 4 is 5.91 Å². The molecule has 1 saturated carbocycles. The van der Waals surface area contributed by atoms with Crippen LogP contribution < -0.4 is 5.32 Å². The zero-order valence-corrected chi connectivity index (χ0v) is 8.45. The molecule has 1 fully saturated rings. The zero-order chi connectivity index (χ0) is 10.8. The Kier molecular flexibility index (Phi) is 2.42. The van der Waals surface area contributed by atoms with E-state index in [0.717, 1.165) is 18.5 Å². The summed E-state index contributed by atoms with van der Waals surface area (Å²) < 4.78 is 0. The molecule has 0 saturated heterocycles. The fourth-order valence-corrected chi connectivity index (χ4v) is 1.48. The molecule has 78 valence electrons. The predicted octanol–water partition coefficient (Wildman–Crippen LogP) is 0.750. The molecule has 1 aromatic heterocycles. The third-order valence-electron chi connectivity index (χ3n) is 2.59. The van der Waals surface area contributed by atoms with Crippen molar-refractivity contribution in [3.05, 3.63) is 17.5 Å². The summed E-state index contributed by atoms with van der Waals surface area (Å²) >= 11 is 0. The van der Waals surface area contributed by atoms with Gasteiger partial charge in [-0.2, -0.15) is 10.4 Å². The van der Waals surface area contributed by atoms with Crippen LogP contribution in [0.2, 0.25) is 0 Å². The highest BCUT2D eigenvalue weighted by Crippen LogP contribution is 2.32. The molecule has 1 unspecified atom stereocenters. The van der Waals surface area contributed by atoms with Crippen LogP contribution in [0.5, 0.6) is 0 Å². The smallest absolute Gasteiger partial charge is 0.255 e. The Morgan fingerprint density at radius 1 is 1.80 bits per heavy atom. The van der Waals surface area contributed by atoms with Gasteiger partial charge in [-0.25, -0.2) is 0 Å². The number of hydrogen-bond acceptors (Lipinski definition) is 3. The molecule has 0 radical (unpaired) electrons. The van der Waals surface area contributed by atoms with Gasteiger partial charge < -0.3 is 5.32 Å². The topological polar surface area (TPSA) is 81.6 Å². The average Bonchev–Trinajstić information content (AvgIpc) is 2.97. The second-order valence-corrected chi connectivity index (χ2v) is 3.83. The van der Waals surface area contributed by atoms with E-state index in [1.165, 1.54) is 6.20 Å². The van der Waals surface area contributed by atoms with Crippen LogP contribution in [0.25, 0.3) is 0 Å². The van der Waals surface area contributed by atoms with Crippen molar-refractivity contribution < 1.29 is 4.79 Å². The summed E-state index contributed by atoms with van der Waals surface area (Å²) in [4.78, 5) is 11.7. The number of nitrogens with one attached hydrogen (secondary N) is 2. The molecule has 5 heteroatoms. The van der Waals surface area contributed by atoms with Gasteiger partial charge in [-0.15, -0.1) is 0 Å². The molecule has 0 bridgehead atoms. The molecule has 1 heterocycles. The van der Waals surface area contributed by atoms with Gasteiger partial charge in [-0.1, -0.05) is 0 Å². The molecule has 2 N–H and O–H groups in total. The highest BCUT2D eigenvalue weighted by atomic mass is 16.1. The predicted molar refractivity (Wildman–Crippen MR) is 52.9 cm³/mol. The van der Waals surface area contributed by atoms with Crippen LogP contribution in [0.3, 0.4) is 0 Å². The van der Waals surface area contributed by atoms with Gasteiger partial charge in [0.1, 0.15) is 6.04 Å². The first kappa shape index (κ1) is 9.71. The van der Waals surface area contributed by atoms with Crippen molar-refractivity contribution in [2.24, 2.45) is 5.92 Å². The number of carbonyl (C=O) groups excluding carboxylic acids is 1. The Hall–Kier alpha value is -1.83. The highest BCUT2D eigenvalue weighted by molar-refractivity contribution is 5.95. The number of carbonyl (C=O) groups is 1. The maximum Gasteiger partial charge on any atom is 0.255 e. The number of aromatic nitrogens is 2. The van der Waals surface area contributed by atoms with E-state index < -0.39 is 0 Å². The van der Waals surface area contributed by atoms with Crippen LogP contribution in [0.15, 0.2) is 6.20 Å². The number of H-pyrrole nitrogens is 1. The Morgan fingerprint density at radius 2 is 2.53 bits per heavy atom. The van der Waals surface area contributed by atoms with Crippen molar-refractivity contribution in [2.45, 2.75) is 25.8 Å². The summed E-state index contributed by atoms with van der Waals surface area (Å²) in [5, 5.41) is 18.0. The second kappa shape index (κ2) is 3.73. The number of amides is 1. The normalized spacial score (nSPS) is 16.8. The summed E-state index contributed by atoms with van der Waals surface area (Å²) in [5.41, 5.74) is 1.23. The van der Waals surface area contributed by atoms with Crippen LogP contribution in [-0.2, 0) is 0 Å². The SMILES string of the molecule is Cc1[nH]ncc1C(=O)NC(C#N)C1CC1. The Bertz CT molecular complexity index is 413. The fraction of sp³-hybridized carbons (Fsp3) is 0.500. The minimum atomic E-state index is -0.355. The summed E-state index contributed by atoms with van der Waals surface area (Å²) in [6.07, 6.45) is 3.54. The van der Waals surface area contributed by atoms with Gasteiger partial charge in [-0.05, 0) is 25.7 Å². The van der Waals surface area contributed by atoms with Crippen LogP contribution in [0, 0.1) is 24.2 Å². The van der Waals surface area contributed by atoms with E-state index in [2.05, 4.69) is 21.6 Å². The number of aryl methyl sites for hydroxylation is 1. The molecular weight excluding hydrogens is 192 g/mol. The Morgan fingerprint density at radius 3 is 3.00 bits per heavy atom. The van der Waals surface area contributed by atoms with Gasteiger partial charge in [0.25, 0.3) is 5.91 Å². The lowest BCUT2D eigenvalue weighted by atomic mass is 10.2. The van der Waals surface area contributed by atoms with Crippen molar-refractivity contribution in [3.63, 3.8) is 0 Å². The molecule has 1 aliphatic rings. The molecule has 1 aromatic rings. The number of aromatic amines is 1. The molecule has 1 atom stereocenters. The van der Waals surface area contributed by atoms with Crippen molar-refractivity contribution in [3.8, 4) is 6.07 Å². The van der Waals surface area contributed by atoms with Gasteiger partial charge in [0.05, 0.1) is 17.8 Å². The van der Waals surface area contributed by atoms with E-state index in [-0.39, 0.29) is 11.9 Å². The standard InChI is InChI=1S/C10H12N4O/c1-6-8(5-12-14-6)10(15)13-9(4-11)7-2-3-7/h5,7,9H,2-3H2,1H3,(H,12,14)(H,13,15). The zero-order valence-electron chi connectivity index (χ0n) is 8.45. The Labute approximate surface area is 87.5 Å². The first-order chi connectivity index (χ1) is 7.22. The molecule has 5 nitrogen and oxygen atoms in total. The summed E-state index contributed by atoms with van der Waals surface area (Å²) in [7, 11) is 0. The minimum Gasteiger partial charge on any atom is -0.336 e. The quantitative estimate of drug-likeness (QED) is 0.762. The van der Waals surface area contributed by atoms with Crippen LogP contribution in [-0.4, -0.2) is 22.1 Å². The van der Waals surface area contributed by atoms with Gasteiger partial charge in [0.15, 0.2) is 0 Å². The Balaban J connectivity index is 2.03. The monoisotopic (exact) mass is 204 g/mol. The number of nitriles is 1. The molecule has 2 rings (SSSR count). The van der Waals surface area contributed by atoms with Gasteiger partial charge >= 0.3 is 0 Å². The molecule has 1 aliphatic carbocycles. The van der Waals surface area contributed by atoms with E-state index >= 15 is 0 Å². The van der Waals surface area contributed by atoms with E-state index in [1.807, 2.05) is 0 Å². The lowest BCUT2D eigenvalue weighted by Crippen LogP contribution is -2.35. The number of hydrogen-bond donors (Lipinski definition) is 2. The molecule has 0 aliphatic heterocycles. The first-order valence-corrected chi connectivity index (χ1v) is 4.93. The van der Waals surface area contributed by atoms with Crippen molar-refractivity contribution in [1.29, 1.82) is 5.26 Å². The van der Waals surface area contributed by atoms with Gasteiger partial charge in [0, 0.05) is 5.69 Å². The van der Waals surface area contributed by atoms with Crippen LogP contribution >= 0.6 is 0 Å². The summed E-state index contributed by atoms with van der Waals surface area (Å²) in [6.45, 7) is 1.78. The number of rotatable bonds is 3. The van der Waals surface area contributed by atoms with Crippen LogP contribution in [0.1, 0.15) is 28.9 Å². The molecular formula is C10H12N4O. The average molecular weight is 204 g/mol. The fourth-order valence-electron chi connectivity index (χ4n) is 1.48. The third-order valence-corrected chi connectivity index (χ3v) is 2.59. The third kappa shape index (κ3) is 1.99. The summed E-state index contributed by atoms with van der Waals surface area (Å²) in [5.74, 6) is 0.117. The molecule has 15 heavy (non-hydrogen) atoms. The lowest BCUT2D eigenvalue weighted by molar-refractivity contribution is 0.0941. The van der Waals surface area contributed by atoms with Crippen LogP contribution in [0.4, 0.5) is 0 Å². The second-order valence-electron chi connectivity index (χ2n) is 3.83. The van der Waals surface area contributed by atoms with Gasteiger partial charge in [-0.3, -0.25) is 9.89 Å². The van der Waals surface area contributed by atoms with E-state index in [9.17, 15) is 4.79 Å². The summed E-state index contributed by atoms with van der Waals surface area (Å²) in [6, 6.07) is 1.76. The maximum atomic E-state index is 11.7. The first-order valence-electron chi connectivity index (χ1n) is 4.93. The maximum absolute atomic E-state index is 11.7. The molecule has 1 amide bonds. The number of nitrogens with zero attached hydrogens (tertiary/aromatic N) is 2. The molecule has 0 spiro atoms. The minimum absolute atomic E-state index is 0.222. The van der Waals surface area contributed by atoms with Gasteiger partial charge in [0.2, 0.25) is 0 Å². The molecule has 0 aromatic carbocycles. The lowest BCUT2D eigenvalue weighted by Gasteiger charge is -2.09. The van der Waals surface area contributed by atoms with E-state index in [4.69, 9.17) is 5.26 Å². The van der Waals surface area contributed by atoms with Crippen molar-refractivity contribution in [1.82, 2.24) is 15.5 Å². The largest absolute Gasteiger partial charge is 0.336 e. The van der Waals surface area contributed by atoms with E-state index in [1.54, 1.807) is 6.92 Å². The highest BCUT2D eigenvalue weighted by Gasteiger charge is 2.32. The van der Waals surface area contributed by atoms with Crippen molar-refractivity contribution in [2.75, 3.05) is 0 Å².